The van der Waals surface area contributed by atoms with E-state index in [0.29, 0.717) is 49.0 Å². The fourth-order valence-electron chi connectivity index (χ4n) is 3.42. The Bertz CT molecular complexity index is 1060. The number of hydrogen-bond acceptors (Lipinski definition) is 4. The van der Waals surface area contributed by atoms with E-state index in [1.165, 1.54) is 0 Å². The smallest absolute Gasteiger partial charge is 0.277 e. The first-order chi connectivity index (χ1) is 14.7. The Morgan fingerprint density at radius 1 is 0.900 bits per heavy atom. The second-order valence-electron chi connectivity index (χ2n) is 6.95. The quantitative estimate of drug-likeness (QED) is 0.523. The van der Waals surface area contributed by atoms with E-state index in [4.69, 9.17) is 14.2 Å². The molecule has 30 heavy (non-hydrogen) atoms. The molecular formula is C25H23NO4. The molecule has 3 aromatic rings. The number of rotatable bonds is 8. The van der Waals surface area contributed by atoms with Crippen LogP contribution in [0.4, 0.5) is 0 Å². The van der Waals surface area contributed by atoms with E-state index in [9.17, 15) is 4.79 Å². The molecule has 0 saturated carbocycles. The van der Waals surface area contributed by atoms with Crippen LogP contribution >= 0.6 is 0 Å². The molecule has 1 amide bonds. The monoisotopic (exact) mass is 401 g/mol. The van der Waals surface area contributed by atoms with Gasteiger partial charge in [-0.3, -0.25) is 4.79 Å². The summed E-state index contributed by atoms with van der Waals surface area (Å²) in [6, 6.07) is 23.2. The van der Waals surface area contributed by atoms with Crippen molar-refractivity contribution in [3.63, 3.8) is 0 Å². The number of carbonyl (C=O) groups excluding carboxylic acids is 1. The lowest BCUT2D eigenvalue weighted by molar-refractivity contribution is 0.0888. The molecule has 4 rings (SSSR count). The maximum Gasteiger partial charge on any atom is 0.277 e. The Morgan fingerprint density at radius 3 is 2.53 bits per heavy atom. The summed E-state index contributed by atoms with van der Waals surface area (Å²) in [5.41, 5.74) is 4.27. The molecule has 152 valence electrons. The molecule has 5 nitrogen and oxygen atoms in total. The lowest BCUT2D eigenvalue weighted by Crippen LogP contribution is -2.18. The molecule has 0 atom stereocenters. The highest BCUT2D eigenvalue weighted by molar-refractivity contribution is 6.16. The third-order valence-electron chi connectivity index (χ3n) is 4.93. The van der Waals surface area contributed by atoms with Crippen molar-refractivity contribution in [2.24, 2.45) is 4.99 Å². The number of benzene rings is 3. The fourth-order valence-corrected chi connectivity index (χ4v) is 3.42. The predicted octanol–water partition coefficient (Wildman–Crippen LogP) is 4.48. The topological polar surface area (TPSA) is 57.1 Å². The SMILES string of the molecule is COc1cc(OCCOCc2ccccc2)ccc1C1=NC(=O)c2ccccc2C1. The van der Waals surface area contributed by atoms with Gasteiger partial charge in [0.05, 0.1) is 26.0 Å². The van der Waals surface area contributed by atoms with Crippen molar-refractivity contribution < 1.29 is 19.0 Å². The Labute approximate surface area is 175 Å². The summed E-state index contributed by atoms with van der Waals surface area (Å²) in [6.07, 6.45) is 0.589. The van der Waals surface area contributed by atoms with E-state index < -0.39 is 0 Å². The Morgan fingerprint density at radius 2 is 1.70 bits per heavy atom. The first-order valence-corrected chi connectivity index (χ1v) is 9.87. The minimum absolute atomic E-state index is 0.218. The number of amides is 1. The molecule has 0 aliphatic carbocycles. The second kappa shape index (κ2) is 9.37. The van der Waals surface area contributed by atoms with Crippen LogP contribution in [0.1, 0.15) is 27.0 Å². The molecule has 0 bridgehead atoms. The number of nitrogens with zero attached hydrogens (tertiary/aromatic N) is 1. The van der Waals surface area contributed by atoms with Gasteiger partial charge in [0.25, 0.3) is 5.91 Å². The zero-order valence-electron chi connectivity index (χ0n) is 16.8. The van der Waals surface area contributed by atoms with Crippen molar-refractivity contribution in [1.82, 2.24) is 0 Å². The first-order valence-electron chi connectivity index (χ1n) is 9.87. The molecule has 0 aromatic heterocycles. The number of methoxy groups -OCH3 is 1. The van der Waals surface area contributed by atoms with Crippen LogP contribution in [0.15, 0.2) is 77.8 Å². The maximum absolute atomic E-state index is 12.4. The summed E-state index contributed by atoms with van der Waals surface area (Å²) >= 11 is 0. The molecule has 5 heteroatoms. The molecule has 0 radical (unpaired) electrons. The minimum atomic E-state index is -0.218. The van der Waals surface area contributed by atoms with Gasteiger partial charge in [-0.25, -0.2) is 4.99 Å². The molecule has 0 fully saturated rings. The van der Waals surface area contributed by atoms with Gasteiger partial charge in [-0.1, -0.05) is 48.5 Å². The van der Waals surface area contributed by atoms with E-state index in [2.05, 4.69) is 4.99 Å². The second-order valence-corrected chi connectivity index (χ2v) is 6.95. The summed E-state index contributed by atoms with van der Waals surface area (Å²) in [7, 11) is 1.60. The van der Waals surface area contributed by atoms with Gasteiger partial charge >= 0.3 is 0 Å². The number of carbonyl (C=O) groups is 1. The minimum Gasteiger partial charge on any atom is -0.496 e. The number of hydrogen-bond donors (Lipinski definition) is 0. The van der Waals surface area contributed by atoms with Gasteiger partial charge in [0.2, 0.25) is 0 Å². The van der Waals surface area contributed by atoms with E-state index in [1.807, 2.05) is 72.8 Å². The lowest BCUT2D eigenvalue weighted by Gasteiger charge is -2.17. The molecule has 0 N–H and O–H groups in total. The fraction of sp³-hybridized carbons (Fsp3) is 0.200. The van der Waals surface area contributed by atoms with Crippen molar-refractivity contribution in [3.05, 3.63) is 95.1 Å². The largest absolute Gasteiger partial charge is 0.496 e. The van der Waals surface area contributed by atoms with Gasteiger partial charge in [-0.2, -0.15) is 0 Å². The van der Waals surface area contributed by atoms with Gasteiger partial charge in [-0.05, 0) is 29.3 Å². The molecule has 1 aliphatic rings. The Kier molecular flexibility index (Phi) is 6.20. The van der Waals surface area contributed by atoms with Crippen molar-refractivity contribution in [1.29, 1.82) is 0 Å². The number of ether oxygens (including phenoxy) is 3. The highest BCUT2D eigenvalue weighted by Gasteiger charge is 2.22. The number of aliphatic imine (C=N–C) groups is 1. The zero-order valence-corrected chi connectivity index (χ0v) is 16.8. The van der Waals surface area contributed by atoms with Crippen LogP contribution in [-0.4, -0.2) is 31.9 Å². The summed E-state index contributed by atoms with van der Waals surface area (Å²) in [6.45, 7) is 1.47. The molecule has 0 saturated heterocycles. The molecule has 3 aromatic carbocycles. The number of fused-ring (bicyclic) bond motifs is 1. The van der Waals surface area contributed by atoms with E-state index in [-0.39, 0.29) is 5.91 Å². The normalized spacial score (nSPS) is 12.8. The molecule has 1 aliphatic heterocycles. The van der Waals surface area contributed by atoms with Crippen LogP contribution in [0.25, 0.3) is 0 Å². The van der Waals surface area contributed by atoms with E-state index in [1.54, 1.807) is 7.11 Å². The molecule has 0 spiro atoms. The van der Waals surface area contributed by atoms with Gasteiger partial charge in [0.1, 0.15) is 18.1 Å². The van der Waals surface area contributed by atoms with E-state index in [0.717, 1.165) is 16.7 Å². The van der Waals surface area contributed by atoms with Crippen LogP contribution in [0.5, 0.6) is 11.5 Å². The predicted molar refractivity (Wildman–Crippen MR) is 116 cm³/mol. The zero-order chi connectivity index (χ0) is 20.8. The van der Waals surface area contributed by atoms with E-state index >= 15 is 0 Å². The molecule has 0 unspecified atom stereocenters. The van der Waals surface area contributed by atoms with Crippen molar-refractivity contribution in [2.75, 3.05) is 20.3 Å². The van der Waals surface area contributed by atoms with Gasteiger partial charge < -0.3 is 14.2 Å². The van der Waals surface area contributed by atoms with Gasteiger partial charge in [-0.15, -0.1) is 0 Å². The van der Waals surface area contributed by atoms with Crippen molar-refractivity contribution in [3.8, 4) is 11.5 Å². The summed E-state index contributed by atoms with van der Waals surface area (Å²) in [5, 5.41) is 0. The van der Waals surface area contributed by atoms with Crippen LogP contribution in [0.2, 0.25) is 0 Å². The van der Waals surface area contributed by atoms with Crippen LogP contribution < -0.4 is 9.47 Å². The van der Waals surface area contributed by atoms with Crippen LogP contribution in [0, 0.1) is 0 Å². The lowest BCUT2D eigenvalue weighted by atomic mass is 9.94. The van der Waals surface area contributed by atoms with Crippen LogP contribution in [0.3, 0.4) is 0 Å². The van der Waals surface area contributed by atoms with Gasteiger partial charge in [0.15, 0.2) is 0 Å². The first kappa shape index (κ1) is 19.9. The third kappa shape index (κ3) is 4.58. The average Bonchev–Trinajstić information content (AvgIpc) is 2.79. The molecule has 1 heterocycles. The Hall–Kier alpha value is -3.44. The third-order valence-corrected chi connectivity index (χ3v) is 4.93. The standard InChI is InChI=1S/C25H23NO4/c1-28-24-16-20(30-14-13-29-17-18-7-3-2-4-8-18)11-12-22(24)23-15-19-9-5-6-10-21(19)25(27)26-23/h2-12,16H,13-15,17H2,1H3. The summed E-state index contributed by atoms with van der Waals surface area (Å²) in [4.78, 5) is 16.7. The van der Waals surface area contributed by atoms with Crippen molar-refractivity contribution >= 4 is 11.6 Å². The highest BCUT2D eigenvalue weighted by Crippen LogP contribution is 2.29. The summed E-state index contributed by atoms with van der Waals surface area (Å²) in [5.74, 6) is 1.09. The average molecular weight is 401 g/mol. The summed E-state index contributed by atoms with van der Waals surface area (Å²) < 4.78 is 17.0. The van der Waals surface area contributed by atoms with Crippen LogP contribution in [-0.2, 0) is 17.8 Å². The van der Waals surface area contributed by atoms with Gasteiger partial charge in [0, 0.05) is 23.6 Å². The maximum atomic E-state index is 12.4. The Balaban J connectivity index is 1.38. The highest BCUT2D eigenvalue weighted by atomic mass is 16.5. The van der Waals surface area contributed by atoms with Crippen molar-refractivity contribution in [2.45, 2.75) is 13.0 Å². The molecular weight excluding hydrogens is 378 g/mol.